The molecule has 0 saturated carbocycles. The van der Waals surface area contributed by atoms with Crippen LogP contribution in [-0.4, -0.2) is 42.9 Å². The van der Waals surface area contributed by atoms with Gasteiger partial charge in [0.1, 0.15) is 5.82 Å². The number of hydrogen-bond acceptors (Lipinski definition) is 4. The number of nitrogens with zero attached hydrogens (tertiary/aromatic N) is 2. The van der Waals surface area contributed by atoms with Crippen molar-refractivity contribution in [3.05, 3.63) is 18.3 Å². The molecule has 2 rings (SSSR count). The van der Waals surface area contributed by atoms with E-state index in [1.165, 1.54) is 0 Å². The molecule has 1 aliphatic rings. The number of urea groups is 1. The van der Waals surface area contributed by atoms with Crippen LogP contribution < -0.4 is 15.5 Å². The van der Waals surface area contributed by atoms with Gasteiger partial charge in [-0.15, -0.1) is 0 Å². The van der Waals surface area contributed by atoms with Crippen molar-refractivity contribution in [3.63, 3.8) is 0 Å². The number of amides is 2. The Balaban J connectivity index is 1.99. The Morgan fingerprint density at radius 3 is 2.65 bits per heavy atom. The molecule has 0 aliphatic carbocycles. The topological polar surface area (TPSA) is 66.5 Å². The average molecular weight is 278 g/mol. The van der Waals surface area contributed by atoms with E-state index in [1.807, 2.05) is 19.1 Å². The van der Waals surface area contributed by atoms with E-state index in [-0.39, 0.29) is 18.2 Å². The largest absolute Gasteiger partial charge is 0.372 e. The number of hydrogen-bond donors (Lipinski definition) is 2. The van der Waals surface area contributed by atoms with Crippen LogP contribution in [0, 0.1) is 0 Å². The SMILES string of the molecule is CCNC(=O)Nc1ccc(N2C[C@@H](C)O[C@@H](C)C2)nc1. The molecule has 2 amide bonds. The summed E-state index contributed by atoms with van der Waals surface area (Å²) in [5, 5.41) is 5.41. The van der Waals surface area contributed by atoms with Gasteiger partial charge in [0.05, 0.1) is 24.1 Å². The lowest BCUT2D eigenvalue weighted by atomic mass is 10.2. The molecule has 2 heterocycles. The fourth-order valence-electron chi connectivity index (χ4n) is 2.35. The molecular formula is C14H22N4O2. The van der Waals surface area contributed by atoms with Gasteiger partial charge < -0.3 is 20.3 Å². The molecule has 2 N–H and O–H groups in total. The Labute approximate surface area is 119 Å². The van der Waals surface area contributed by atoms with Crippen molar-refractivity contribution in [2.45, 2.75) is 33.0 Å². The van der Waals surface area contributed by atoms with Gasteiger partial charge in [-0.3, -0.25) is 0 Å². The zero-order chi connectivity index (χ0) is 14.5. The molecular weight excluding hydrogens is 256 g/mol. The highest BCUT2D eigenvalue weighted by molar-refractivity contribution is 5.89. The third-order valence-electron chi connectivity index (χ3n) is 3.09. The van der Waals surface area contributed by atoms with Gasteiger partial charge in [0.25, 0.3) is 0 Å². The molecule has 0 radical (unpaired) electrons. The first kappa shape index (κ1) is 14.6. The first-order valence-corrected chi connectivity index (χ1v) is 6.99. The molecule has 1 aromatic heterocycles. The molecule has 0 bridgehead atoms. The van der Waals surface area contributed by atoms with E-state index in [1.54, 1.807) is 6.20 Å². The van der Waals surface area contributed by atoms with Crippen LogP contribution in [0.3, 0.4) is 0 Å². The maximum Gasteiger partial charge on any atom is 0.319 e. The Morgan fingerprint density at radius 1 is 1.40 bits per heavy atom. The van der Waals surface area contributed by atoms with Crippen LogP contribution in [0.1, 0.15) is 20.8 Å². The Morgan fingerprint density at radius 2 is 2.10 bits per heavy atom. The number of anilines is 2. The number of morpholine rings is 1. The fraction of sp³-hybridized carbons (Fsp3) is 0.571. The van der Waals surface area contributed by atoms with Gasteiger partial charge in [0.15, 0.2) is 0 Å². The molecule has 20 heavy (non-hydrogen) atoms. The second kappa shape index (κ2) is 6.56. The molecule has 1 aliphatic heterocycles. The van der Waals surface area contributed by atoms with Crippen molar-refractivity contribution in [1.82, 2.24) is 10.3 Å². The normalized spacial score (nSPS) is 22.4. The van der Waals surface area contributed by atoms with Crippen LogP contribution in [0.15, 0.2) is 18.3 Å². The van der Waals surface area contributed by atoms with Crippen molar-refractivity contribution >= 4 is 17.5 Å². The van der Waals surface area contributed by atoms with Crippen molar-refractivity contribution < 1.29 is 9.53 Å². The number of nitrogens with one attached hydrogen (secondary N) is 2. The van der Waals surface area contributed by atoms with Gasteiger partial charge in [-0.1, -0.05) is 0 Å². The number of carbonyl (C=O) groups is 1. The summed E-state index contributed by atoms with van der Waals surface area (Å²) in [5.74, 6) is 0.911. The number of rotatable bonds is 3. The van der Waals surface area contributed by atoms with Crippen LogP contribution in [0.5, 0.6) is 0 Å². The molecule has 6 heteroatoms. The number of aromatic nitrogens is 1. The van der Waals surface area contributed by atoms with E-state index < -0.39 is 0 Å². The summed E-state index contributed by atoms with van der Waals surface area (Å²) in [4.78, 5) is 18.0. The highest BCUT2D eigenvalue weighted by atomic mass is 16.5. The monoisotopic (exact) mass is 278 g/mol. The van der Waals surface area contributed by atoms with Crippen LogP contribution in [0.4, 0.5) is 16.3 Å². The third kappa shape index (κ3) is 3.84. The van der Waals surface area contributed by atoms with Gasteiger partial charge in [-0.2, -0.15) is 0 Å². The Bertz CT molecular complexity index is 439. The number of pyridine rings is 1. The lowest BCUT2D eigenvalue weighted by molar-refractivity contribution is -0.00545. The Kier molecular flexibility index (Phi) is 4.79. The molecule has 0 aromatic carbocycles. The summed E-state index contributed by atoms with van der Waals surface area (Å²) >= 11 is 0. The second-order valence-electron chi connectivity index (χ2n) is 5.05. The van der Waals surface area contributed by atoms with Gasteiger partial charge >= 0.3 is 6.03 Å². The van der Waals surface area contributed by atoms with Gasteiger partial charge in [-0.05, 0) is 32.9 Å². The Hall–Kier alpha value is -1.82. The van der Waals surface area contributed by atoms with E-state index in [2.05, 4.69) is 34.4 Å². The van der Waals surface area contributed by atoms with Gasteiger partial charge in [-0.25, -0.2) is 9.78 Å². The van der Waals surface area contributed by atoms with Crippen molar-refractivity contribution in [1.29, 1.82) is 0 Å². The summed E-state index contributed by atoms with van der Waals surface area (Å²) in [6.07, 6.45) is 2.08. The predicted octanol–water partition coefficient (Wildman–Crippen LogP) is 1.84. The minimum absolute atomic E-state index is 0.202. The maximum atomic E-state index is 11.4. The molecule has 0 unspecified atom stereocenters. The minimum Gasteiger partial charge on any atom is -0.372 e. The maximum absolute atomic E-state index is 11.4. The lowest BCUT2D eigenvalue weighted by Gasteiger charge is -2.36. The standard InChI is InChI=1S/C14H22N4O2/c1-4-15-14(19)17-12-5-6-13(16-7-12)18-8-10(2)20-11(3)9-18/h5-7,10-11H,4,8-9H2,1-3H3,(H2,15,17,19)/t10-,11+. The third-order valence-corrected chi connectivity index (χ3v) is 3.09. The quantitative estimate of drug-likeness (QED) is 0.885. The van der Waals surface area contributed by atoms with Crippen LogP contribution in [0.2, 0.25) is 0 Å². The van der Waals surface area contributed by atoms with Crippen molar-refractivity contribution in [3.8, 4) is 0 Å². The van der Waals surface area contributed by atoms with Crippen molar-refractivity contribution in [2.75, 3.05) is 29.9 Å². The van der Waals surface area contributed by atoms with E-state index in [0.29, 0.717) is 12.2 Å². The first-order chi connectivity index (χ1) is 9.58. The van der Waals surface area contributed by atoms with Gasteiger partial charge in [0.2, 0.25) is 0 Å². The number of ether oxygens (including phenoxy) is 1. The zero-order valence-electron chi connectivity index (χ0n) is 12.2. The first-order valence-electron chi connectivity index (χ1n) is 6.99. The van der Waals surface area contributed by atoms with E-state index in [0.717, 1.165) is 18.9 Å². The molecule has 1 saturated heterocycles. The molecule has 2 atom stereocenters. The molecule has 110 valence electrons. The van der Waals surface area contributed by atoms with E-state index in [9.17, 15) is 4.79 Å². The second-order valence-corrected chi connectivity index (χ2v) is 5.05. The fourth-order valence-corrected chi connectivity index (χ4v) is 2.35. The van der Waals surface area contributed by atoms with Gasteiger partial charge in [0, 0.05) is 19.6 Å². The average Bonchev–Trinajstić information content (AvgIpc) is 2.38. The molecule has 6 nitrogen and oxygen atoms in total. The van der Waals surface area contributed by atoms with Crippen LogP contribution in [0.25, 0.3) is 0 Å². The van der Waals surface area contributed by atoms with E-state index in [4.69, 9.17) is 4.74 Å². The zero-order valence-corrected chi connectivity index (χ0v) is 12.2. The predicted molar refractivity (Wildman–Crippen MR) is 79.2 cm³/mol. The smallest absolute Gasteiger partial charge is 0.319 e. The highest BCUT2D eigenvalue weighted by Crippen LogP contribution is 2.19. The highest BCUT2D eigenvalue weighted by Gasteiger charge is 2.22. The summed E-state index contributed by atoms with van der Waals surface area (Å²) in [7, 11) is 0. The van der Waals surface area contributed by atoms with Crippen LogP contribution in [-0.2, 0) is 4.74 Å². The lowest BCUT2D eigenvalue weighted by Crippen LogP contribution is -2.45. The summed E-state index contributed by atoms with van der Waals surface area (Å²) in [6, 6.07) is 3.57. The molecule has 0 spiro atoms. The molecule has 1 aromatic rings. The summed E-state index contributed by atoms with van der Waals surface area (Å²) in [6.45, 7) is 8.27. The molecule has 1 fully saturated rings. The number of carbonyl (C=O) groups excluding carboxylic acids is 1. The summed E-state index contributed by atoms with van der Waals surface area (Å²) in [5.41, 5.74) is 0.689. The minimum atomic E-state index is -0.212. The van der Waals surface area contributed by atoms with Crippen molar-refractivity contribution in [2.24, 2.45) is 0 Å². The summed E-state index contributed by atoms with van der Waals surface area (Å²) < 4.78 is 5.71. The van der Waals surface area contributed by atoms with Crippen LogP contribution >= 0.6 is 0 Å². The van der Waals surface area contributed by atoms with E-state index >= 15 is 0 Å².